The van der Waals surface area contributed by atoms with Crippen LogP contribution in [0.1, 0.15) is 27.7 Å². The van der Waals surface area contributed by atoms with Crippen LogP contribution < -0.4 is 0 Å². The molecule has 3 heterocycles. The molecule has 3 atom stereocenters. The summed E-state index contributed by atoms with van der Waals surface area (Å²) >= 11 is 1.71. The Morgan fingerprint density at radius 2 is 2.00 bits per heavy atom. The Balaban J connectivity index is 1.83. The zero-order valence-electron chi connectivity index (χ0n) is 11.6. The lowest BCUT2D eigenvalue weighted by atomic mass is 9.69. The molecule has 21 heavy (non-hydrogen) atoms. The Hall–Kier alpha value is -1.52. The van der Waals surface area contributed by atoms with Crippen molar-refractivity contribution in [1.29, 1.82) is 0 Å². The Kier molecular flexibility index (Phi) is 2.98. The van der Waals surface area contributed by atoms with Gasteiger partial charge in [-0.15, -0.1) is 11.8 Å². The topological polar surface area (TPSA) is 42.2 Å². The van der Waals surface area contributed by atoms with Crippen molar-refractivity contribution in [2.75, 3.05) is 5.75 Å². The van der Waals surface area contributed by atoms with Gasteiger partial charge in [0, 0.05) is 23.7 Å². The zero-order valence-corrected chi connectivity index (χ0v) is 12.4. The Morgan fingerprint density at radius 3 is 2.81 bits per heavy atom. The number of benzene rings is 1. The van der Waals surface area contributed by atoms with Crippen LogP contribution in [0.25, 0.3) is 0 Å². The number of rotatable bonds is 1. The summed E-state index contributed by atoms with van der Waals surface area (Å²) in [5, 5.41) is 10.7. The number of aliphatic hydroxyl groups is 1. The Morgan fingerprint density at radius 1 is 1.19 bits per heavy atom. The van der Waals surface area contributed by atoms with Crippen molar-refractivity contribution in [3.05, 3.63) is 59.9 Å². The van der Waals surface area contributed by atoms with Crippen LogP contribution in [-0.2, 0) is 6.54 Å². The van der Waals surface area contributed by atoms with E-state index in [0.29, 0.717) is 12.2 Å². The van der Waals surface area contributed by atoms with E-state index in [4.69, 9.17) is 0 Å². The molecule has 0 bridgehead atoms. The molecule has 1 fully saturated rings. The molecule has 0 saturated carbocycles. The standard InChI is InChI=1S/C17H17NO2S/c19-14-11-21-16(12-5-2-1-3-6-12)17(14)8-10-18-9-4-7-13(18)15(17)20/h1-7,9,14,16,19H,8,10-11H2/t14-,16-,17-/m1/s1. The van der Waals surface area contributed by atoms with Crippen molar-refractivity contribution in [3.8, 4) is 0 Å². The summed E-state index contributed by atoms with van der Waals surface area (Å²) in [6.45, 7) is 0.801. The molecule has 2 aromatic rings. The highest BCUT2D eigenvalue weighted by atomic mass is 32.2. The molecule has 0 radical (unpaired) electrons. The second-order valence-electron chi connectivity index (χ2n) is 5.85. The first kappa shape index (κ1) is 13.2. The molecule has 1 aromatic carbocycles. The molecule has 2 aliphatic heterocycles. The fourth-order valence-corrected chi connectivity index (χ4v) is 5.42. The molecule has 3 nitrogen and oxygen atoms in total. The van der Waals surface area contributed by atoms with Crippen molar-refractivity contribution in [2.24, 2.45) is 5.41 Å². The average molecular weight is 299 g/mol. The number of thioether (sulfide) groups is 1. The Labute approximate surface area is 128 Å². The van der Waals surface area contributed by atoms with E-state index in [9.17, 15) is 9.90 Å². The number of fused-ring (bicyclic) bond motifs is 1. The van der Waals surface area contributed by atoms with Gasteiger partial charge in [0.05, 0.1) is 17.2 Å². The highest BCUT2D eigenvalue weighted by Crippen LogP contribution is 2.58. The average Bonchev–Trinajstić information content (AvgIpc) is 3.11. The van der Waals surface area contributed by atoms with E-state index in [0.717, 1.165) is 17.8 Å². The quantitative estimate of drug-likeness (QED) is 0.880. The van der Waals surface area contributed by atoms with Crippen molar-refractivity contribution < 1.29 is 9.90 Å². The number of hydrogen-bond donors (Lipinski definition) is 1. The van der Waals surface area contributed by atoms with Gasteiger partial charge < -0.3 is 9.67 Å². The molecule has 1 N–H and O–H groups in total. The highest BCUT2D eigenvalue weighted by Gasteiger charge is 2.57. The third-order valence-electron chi connectivity index (χ3n) is 4.84. The fourth-order valence-electron chi connectivity index (χ4n) is 3.72. The molecule has 108 valence electrons. The summed E-state index contributed by atoms with van der Waals surface area (Å²) in [5.74, 6) is 0.733. The number of aliphatic hydroxyl groups excluding tert-OH is 1. The smallest absolute Gasteiger partial charge is 0.189 e. The van der Waals surface area contributed by atoms with Crippen molar-refractivity contribution in [1.82, 2.24) is 4.57 Å². The SMILES string of the molecule is O=C1c2cccn2CC[C@@]12[C@H](O)CS[C@@H]2c1ccccc1. The van der Waals surface area contributed by atoms with E-state index in [-0.39, 0.29) is 11.0 Å². The van der Waals surface area contributed by atoms with Crippen molar-refractivity contribution in [3.63, 3.8) is 0 Å². The minimum absolute atomic E-state index is 0.0462. The van der Waals surface area contributed by atoms with Crippen LogP contribution in [0.15, 0.2) is 48.7 Å². The summed E-state index contributed by atoms with van der Waals surface area (Å²) in [6.07, 6.45) is 2.09. The molecule has 1 spiro atoms. The largest absolute Gasteiger partial charge is 0.391 e. The molecule has 4 heteroatoms. The van der Waals surface area contributed by atoms with Gasteiger partial charge in [0.25, 0.3) is 0 Å². The normalized spacial score (nSPS) is 31.6. The van der Waals surface area contributed by atoms with Crippen LogP contribution in [0.3, 0.4) is 0 Å². The predicted octanol–water partition coefficient (Wildman–Crippen LogP) is 2.91. The maximum Gasteiger partial charge on any atom is 0.189 e. The lowest BCUT2D eigenvalue weighted by Gasteiger charge is -2.39. The molecule has 1 aromatic heterocycles. The molecule has 0 unspecified atom stereocenters. The molecule has 4 rings (SSSR count). The lowest BCUT2D eigenvalue weighted by molar-refractivity contribution is 0.0273. The first-order valence-corrected chi connectivity index (χ1v) is 8.33. The van der Waals surface area contributed by atoms with Gasteiger partial charge in [0.15, 0.2) is 5.78 Å². The van der Waals surface area contributed by atoms with Gasteiger partial charge in [-0.2, -0.15) is 0 Å². The third kappa shape index (κ3) is 1.75. The van der Waals surface area contributed by atoms with E-state index in [2.05, 4.69) is 12.1 Å². The number of carbonyl (C=O) groups excluding carboxylic acids is 1. The first-order chi connectivity index (χ1) is 10.2. The van der Waals surface area contributed by atoms with Crippen LogP contribution in [0.2, 0.25) is 0 Å². The molecule has 2 aliphatic rings. The minimum atomic E-state index is -0.666. The molecular weight excluding hydrogens is 282 g/mol. The maximum atomic E-state index is 13.1. The minimum Gasteiger partial charge on any atom is -0.391 e. The monoisotopic (exact) mass is 299 g/mol. The summed E-state index contributed by atoms with van der Waals surface area (Å²) < 4.78 is 2.01. The number of carbonyl (C=O) groups is 1. The van der Waals surface area contributed by atoms with E-state index in [1.54, 1.807) is 11.8 Å². The number of aromatic nitrogens is 1. The highest BCUT2D eigenvalue weighted by molar-refractivity contribution is 7.99. The molecule has 0 aliphatic carbocycles. The van der Waals surface area contributed by atoms with E-state index in [1.807, 2.05) is 41.1 Å². The second-order valence-corrected chi connectivity index (χ2v) is 6.98. The van der Waals surface area contributed by atoms with Gasteiger partial charge in [-0.3, -0.25) is 4.79 Å². The number of nitrogens with zero attached hydrogens (tertiary/aromatic N) is 1. The number of ketones is 1. The Bertz CT molecular complexity index is 681. The van der Waals surface area contributed by atoms with Crippen LogP contribution in [0.5, 0.6) is 0 Å². The first-order valence-electron chi connectivity index (χ1n) is 7.28. The second kappa shape index (κ2) is 4.75. The molecule has 0 amide bonds. The molecule has 1 saturated heterocycles. The van der Waals surface area contributed by atoms with Gasteiger partial charge in [0.1, 0.15) is 0 Å². The predicted molar refractivity (Wildman–Crippen MR) is 83.5 cm³/mol. The summed E-state index contributed by atoms with van der Waals surface area (Å²) in [6, 6.07) is 13.9. The summed E-state index contributed by atoms with van der Waals surface area (Å²) in [4.78, 5) is 13.1. The van der Waals surface area contributed by atoms with Gasteiger partial charge >= 0.3 is 0 Å². The van der Waals surface area contributed by atoms with E-state index >= 15 is 0 Å². The van der Waals surface area contributed by atoms with Crippen LogP contribution >= 0.6 is 11.8 Å². The summed E-state index contributed by atoms with van der Waals surface area (Å²) in [7, 11) is 0. The maximum absolute atomic E-state index is 13.1. The van der Waals surface area contributed by atoms with Gasteiger partial charge in [-0.05, 0) is 24.1 Å². The van der Waals surface area contributed by atoms with Crippen LogP contribution in [0, 0.1) is 5.41 Å². The van der Waals surface area contributed by atoms with Crippen LogP contribution in [0.4, 0.5) is 0 Å². The fraction of sp³-hybridized carbons (Fsp3) is 0.353. The van der Waals surface area contributed by atoms with E-state index < -0.39 is 11.5 Å². The zero-order chi connectivity index (χ0) is 14.4. The van der Waals surface area contributed by atoms with E-state index in [1.165, 1.54) is 0 Å². The van der Waals surface area contributed by atoms with Gasteiger partial charge in [0.2, 0.25) is 0 Å². The van der Waals surface area contributed by atoms with Crippen molar-refractivity contribution in [2.45, 2.75) is 24.3 Å². The number of aryl methyl sites for hydroxylation is 1. The van der Waals surface area contributed by atoms with Gasteiger partial charge in [-0.25, -0.2) is 0 Å². The number of Topliss-reactive ketones (excluding diaryl/α,β-unsaturated/α-hetero) is 1. The van der Waals surface area contributed by atoms with Crippen LogP contribution in [-0.4, -0.2) is 27.3 Å². The summed E-state index contributed by atoms with van der Waals surface area (Å²) in [5.41, 5.74) is 1.22. The third-order valence-corrected chi connectivity index (χ3v) is 6.37. The van der Waals surface area contributed by atoms with Gasteiger partial charge in [-0.1, -0.05) is 30.3 Å². The number of hydrogen-bond acceptors (Lipinski definition) is 3. The molecular formula is C17H17NO2S. The van der Waals surface area contributed by atoms with Crippen molar-refractivity contribution >= 4 is 17.5 Å². The lowest BCUT2D eigenvalue weighted by Crippen LogP contribution is -2.47.